The highest BCUT2D eigenvalue weighted by Gasteiger charge is 2.25. The van der Waals surface area contributed by atoms with Gasteiger partial charge in [0, 0.05) is 68.9 Å². The van der Waals surface area contributed by atoms with Crippen LogP contribution in [0.5, 0.6) is 0 Å². The highest BCUT2D eigenvalue weighted by Crippen LogP contribution is 2.26. The predicted molar refractivity (Wildman–Crippen MR) is 125 cm³/mol. The molecule has 2 aliphatic heterocycles. The van der Waals surface area contributed by atoms with Gasteiger partial charge in [-0.1, -0.05) is 18.2 Å². The Labute approximate surface area is 192 Å². The second kappa shape index (κ2) is 9.37. The monoisotopic (exact) mass is 446 g/mol. The molecule has 5 rings (SSSR count). The summed E-state index contributed by atoms with van der Waals surface area (Å²) in [4.78, 5) is 36.9. The maximum absolute atomic E-state index is 12.8. The summed E-state index contributed by atoms with van der Waals surface area (Å²) in [5, 5.41) is 0. The number of amides is 1. The molecule has 3 aromatic rings. The number of morpholine rings is 1. The van der Waals surface area contributed by atoms with E-state index in [1.807, 2.05) is 41.3 Å². The molecule has 0 bridgehead atoms. The van der Waals surface area contributed by atoms with Crippen LogP contribution in [0.1, 0.15) is 10.4 Å². The van der Waals surface area contributed by atoms with Crippen LogP contribution in [0, 0.1) is 0 Å². The number of hydrogen-bond acceptors (Lipinski definition) is 9. The molecule has 2 aromatic heterocycles. The topological polar surface area (TPSA) is 114 Å². The largest absolute Gasteiger partial charge is 0.378 e. The van der Waals surface area contributed by atoms with Gasteiger partial charge in [-0.25, -0.2) is 15.0 Å². The van der Waals surface area contributed by atoms with Crippen molar-refractivity contribution in [2.24, 2.45) is 0 Å². The molecule has 33 heavy (non-hydrogen) atoms. The van der Waals surface area contributed by atoms with E-state index in [0.29, 0.717) is 50.9 Å². The quantitative estimate of drug-likeness (QED) is 0.634. The van der Waals surface area contributed by atoms with E-state index in [4.69, 9.17) is 20.4 Å². The third kappa shape index (κ3) is 4.70. The van der Waals surface area contributed by atoms with Gasteiger partial charge < -0.3 is 25.2 Å². The number of nitrogen functional groups attached to an aromatic ring is 1. The molecule has 2 fully saturated rings. The number of benzene rings is 1. The summed E-state index contributed by atoms with van der Waals surface area (Å²) in [5.74, 6) is 1.77. The van der Waals surface area contributed by atoms with Crippen molar-refractivity contribution in [2.75, 3.05) is 68.0 Å². The van der Waals surface area contributed by atoms with Crippen LogP contribution in [0.3, 0.4) is 0 Å². The van der Waals surface area contributed by atoms with Gasteiger partial charge in [-0.15, -0.1) is 0 Å². The molecule has 10 nitrogen and oxygen atoms in total. The van der Waals surface area contributed by atoms with Crippen molar-refractivity contribution in [3.8, 4) is 11.3 Å². The summed E-state index contributed by atoms with van der Waals surface area (Å²) in [6.45, 7) is 5.41. The average Bonchev–Trinajstić information content (AvgIpc) is 2.89. The van der Waals surface area contributed by atoms with E-state index >= 15 is 0 Å². The highest BCUT2D eigenvalue weighted by atomic mass is 16.5. The van der Waals surface area contributed by atoms with E-state index in [1.54, 1.807) is 12.4 Å². The lowest BCUT2D eigenvalue weighted by Gasteiger charge is -2.36. The second-order valence-electron chi connectivity index (χ2n) is 7.99. The molecule has 2 N–H and O–H groups in total. The Morgan fingerprint density at radius 3 is 2.27 bits per heavy atom. The predicted octanol–water partition coefficient (Wildman–Crippen LogP) is 1.31. The van der Waals surface area contributed by atoms with Crippen LogP contribution in [0.25, 0.3) is 11.3 Å². The van der Waals surface area contributed by atoms with Gasteiger partial charge >= 0.3 is 0 Å². The molecule has 10 heteroatoms. The van der Waals surface area contributed by atoms with Crippen LogP contribution in [-0.4, -0.2) is 83.2 Å². The Morgan fingerprint density at radius 1 is 0.879 bits per heavy atom. The van der Waals surface area contributed by atoms with Gasteiger partial charge in [-0.3, -0.25) is 4.79 Å². The normalized spacial score (nSPS) is 16.7. The van der Waals surface area contributed by atoms with Gasteiger partial charge in [0.2, 0.25) is 11.9 Å². The van der Waals surface area contributed by atoms with Crippen LogP contribution in [0.2, 0.25) is 0 Å². The minimum absolute atomic E-state index is 0.0617. The lowest BCUT2D eigenvalue weighted by atomic mass is 10.2. The van der Waals surface area contributed by atoms with Gasteiger partial charge in [0.05, 0.1) is 18.9 Å². The van der Waals surface area contributed by atoms with E-state index in [1.165, 1.54) is 0 Å². The van der Waals surface area contributed by atoms with E-state index in [9.17, 15) is 4.79 Å². The van der Waals surface area contributed by atoms with Crippen molar-refractivity contribution in [1.29, 1.82) is 0 Å². The average molecular weight is 447 g/mol. The molecule has 0 atom stereocenters. The van der Waals surface area contributed by atoms with Crippen molar-refractivity contribution in [1.82, 2.24) is 24.8 Å². The number of aromatic nitrogens is 4. The van der Waals surface area contributed by atoms with E-state index in [-0.39, 0.29) is 11.9 Å². The Bertz CT molecular complexity index is 1100. The summed E-state index contributed by atoms with van der Waals surface area (Å²) < 4.78 is 5.49. The number of carbonyl (C=O) groups is 1. The zero-order chi connectivity index (χ0) is 22.6. The van der Waals surface area contributed by atoms with Gasteiger partial charge in [0.25, 0.3) is 5.91 Å². The van der Waals surface area contributed by atoms with Gasteiger partial charge in [-0.2, -0.15) is 4.98 Å². The maximum Gasteiger partial charge on any atom is 0.253 e. The number of hydrogen-bond donors (Lipinski definition) is 1. The van der Waals surface area contributed by atoms with Crippen molar-refractivity contribution < 1.29 is 9.53 Å². The molecule has 1 aromatic carbocycles. The van der Waals surface area contributed by atoms with Crippen molar-refractivity contribution in [2.45, 2.75) is 0 Å². The highest BCUT2D eigenvalue weighted by molar-refractivity contribution is 5.94. The third-order valence-corrected chi connectivity index (χ3v) is 5.87. The summed E-state index contributed by atoms with van der Waals surface area (Å²) in [7, 11) is 0. The molecule has 170 valence electrons. The van der Waals surface area contributed by atoms with Crippen molar-refractivity contribution >= 4 is 23.6 Å². The van der Waals surface area contributed by atoms with Crippen LogP contribution in [0.15, 0.2) is 48.8 Å². The van der Waals surface area contributed by atoms with Crippen LogP contribution in [0.4, 0.5) is 17.7 Å². The number of anilines is 3. The zero-order valence-corrected chi connectivity index (χ0v) is 18.3. The summed E-state index contributed by atoms with van der Waals surface area (Å²) >= 11 is 0. The first-order chi connectivity index (χ1) is 16.2. The number of rotatable bonds is 4. The molecule has 2 aliphatic rings. The Morgan fingerprint density at radius 2 is 1.58 bits per heavy atom. The molecular formula is C23H26N8O2. The Kier molecular flexibility index (Phi) is 5.99. The minimum Gasteiger partial charge on any atom is -0.378 e. The SMILES string of the molecule is Nc1ncc(-c2cc(N3CCN(C(=O)c4ccccc4)CC3)nc(N3CCOCC3)n2)cn1. The fourth-order valence-electron chi connectivity index (χ4n) is 4.01. The van der Waals surface area contributed by atoms with Gasteiger partial charge in [-0.05, 0) is 12.1 Å². The van der Waals surface area contributed by atoms with Crippen LogP contribution in [-0.2, 0) is 4.74 Å². The number of carbonyl (C=O) groups excluding carboxylic acids is 1. The summed E-state index contributed by atoms with van der Waals surface area (Å²) in [6.07, 6.45) is 3.35. The molecule has 0 saturated carbocycles. The van der Waals surface area contributed by atoms with Gasteiger partial charge in [0.1, 0.15) is 5.82 Å². The molecule has 0 radical (unpaired) electrons. The van der Waals surface area contributed by atoms with Crippen LogP contribution < -0.4 is 15.5 Å². The molecular weight excluding hydrogens is 420 g/mol. The number of piperazine rings is 1. The van der Waals surface area contributed by atoms with E-state index in [2.05, 4.69) is 19.8 Å². The van der Waals surface area contributed by atoms with Crippen LogP contribution >= 0.6 is 0 Å². The fraction of sp³-hybridized carbons (Fsp3) is 0.348. The lowest BCUT2D eigenvalue weighted by Crippen LogP contribution is -2.49. The van der Waals surface area contributed by atoms with Gasteiger partial charge in [0.15, 0.2) is 0 Å². The molecule has 0 aliphatic carbocycles. The summed E-state index contributed by atoms with van der Waals surface area (Å²) in [6, 6.07) is 11.4. The zero-order valence-electron chi connectivity index (χ0n) is 18.3. The molecule has 2 saturated heterocycles. The standard InChI is InChI=1S/C23H26N8O2/c24-22-25-15-18(16-26-22)19-14-20(28-23(27-19)31-10-12-33-13-11-31)29-6-8-30(9-7-29)21(32)17-4-2-1-3-5-17/h1-5,14-16H,6-13H2,(H2,24,25,26). The number of nitrogens with two attached hydrogens (primary N) is 1. The third-order valence-electron chi connectivity index (χ3n) is 5.87. The second-order valence-corrected chi connectivity index (χ2v) is 7.99. The van der Waals surface area contributed by atoms with E-state index in [0.717, 1.165) is 30.2 Å². The molecule has 1 amide bonds. The van der Waals surface area contributed by atoms with Crippen molar-refractivity contribution in [3.63, 3.8) is 0 Å². The maximum atomic E-state index is 12.8. The Balaban J connectivity index is 1.38. The first-order valence-corrected chi connectivity index (χ1v) is 11.1. The van der Waals surface area contributed by atoms with E-state index < -0.39 is 0 Å². The Hall–Kier alpha value is -3.79. The molecule has 0 spiro atoms. The smallest absolute Gasteiger partial charge is 0.253 e. The molecule has 4 heterocycles. The summed E-state index contributed by atoms with van der Waals surface area (Å²) in [5.41, 5.74) is 7.89. The number of ether oxygens (including phenoxy) is 1. The minimum atomic E-state index is 0.0617. The first-order valence-electron chi connectivity index (χ1n) is 11.1. The molecule has 0 unspecified atom stereocenters. The lowest BCUT2D eigenvalue weighted by molar-refractivity contribution is 0.0746. The van der Waals surface area contributed by atoms with Crippen molar-refractivity contribution in [3.05, 3.63) is 54.4 Å². The first kappa shape index (κ1) is 21.1. The fourth-order valence-corrected chi connectivity index (χ4v) is 4.01. The number of nitrogens with zero attached hydrogens (tertiary/aromatic N) is 7.